The molecule has 6 nitrogen and oxygen atoms in total. The van der Waals surface area contributed by atoms with Crippen LogP contribution in [-0.4, -0.2) is 22.9 Å². The first-order valence-electron chi connectivity index (χ1n) is 8.69. The van der Waals surface area contributed by atoms with Crippen LogP contribution in [0.15, 0.2) is 54.6 Å². The first kappa shape index (κ1) is 17.5. The summed E-state index contributed by atoms with van der Waals surface area (Å²) < 4.78 is 0. The largest absolute Gasteiger partial charge is 0.344 e. The number of rotatable bonds is 4. The van der Waals surface area contributed by atoms with Crippen molar-refractivity contribution in [3.05, 3.63) is 70.7 Å². The highest BCUT2D eigenvalue weighted by Gasteiger charge is 2.52. The molecule has 2 aromatic carbocycles. The molecule has 4 amide bonds. The van der Waals surface area contributed by atoms with E-state index in [0.717, 1.165) is 10.6 Å². The van der Waals surface area contributed by atoms with E-state index in [4.69, 9.17) is 11.6 Å². The van der Waals surface area contributed by atoms with E-state index < -0.39 is 17.5 Å². The van der Waals surface area contributed by atoms with Crippen LogP contribution in [0.2, 0.25) is 5.02 Å². The second-order valence-corrected chi connectivity index (χ2v) is 7.42. The van der Waals surface area contributed by atoms with Gasteiger partial charge in [0.05, 0.1) is 0 Å². The Morgan fingerprint density at radius 3 is 2.52 bits per heavy atom. The maximum atomic E-state index is 12.8. The van der Waals surface area contributed by atoms with Crippen molar-refractivity contribution < 1.29 is 14.4 Å². The Hall–Kier alpha value is -2.86. The van der Waals surface area contributed by atoms with Gasteiger partial charge in [-0.3, -0.25) is 15.0 Å². The highest BCUT2D eigenvalue weighted by Crippen LogP contribution is 2.49. The second kappa shape index (κ2) is 6.39. The Kier molecular flexibility index (Phi) is 4.15. The lowest BCUT2D eigenvalue weighted by molar-refractivity contribution is -0.139. The fourth-order valence-corrected chi connectivity index (χ4v) is 3.78. The fourth-order valence-electron chi connectivity index (χ4n) is 3.51. The minimum atomic E-state index is -1.21. The first-order chi connectivity index (χ1) is 12.9. The molecule has 27 heavy (non-hydrogen) atoms. The molecule has 7 heteroatoms. The van der Waals surface area contributed by atoms with Crippen LogP contribution in [0.4, 0.5) is 4.79 Å². The second-order valence-electron chi connectivity index (χ2n) is 7.01. The highest BCUT2D eigenvalue weighted by atomic mass is 35.5. The summed E-state index contributed by atoms with van der Waals surface area (Å²) in [5.74, 6) is -1.18. The molecule has 0 aromatic heterocycles. The molecule has 2 aliphatic rings. The van der Waals surface area contributed by atoms with Crippen LogP contribution in [0.5, 0.6) is 0 Å². The maximum absolute atomic E-state index is 12.8. The van der Waals surface area contributed by atoms with Gasteiger partial charge in [0.25, 0.3) is 5.91 Å². The highest BCUT2D eigenvalue weighted by molar-refractivity contribution is 6.31. The van der Waals surface area contributed by atoms with Crippen LogP contribution in [0, 0.1) is 5.92 Å². The van der Waals surface area contributed by atoms with E-state index in [2.05, 4.69) is 10.7 Å². The van der Waals surface area contributed by atoms with Gasteiger partial charge >= 0.3 is 6.03 Å². The van der Waals surface area contributed by atoms with E-state index in [1.54, 1.807) is 37.3 Å². The van der Waals surface area contributed by atoms with Crippen molar-refractivity contribution in [2.45, 2.75) is 24.8 Å². The number of nitrogens with zero attached hydrogens (tertiary/aromatic N) is 1. The normalized spacial score (nSPS) is 26.7. The minimum Gasteiger partial charge on any atom is -0.318 e. The van der Waals surface area contributed by atoms with E-state index in [0.29, 0.717) is 17.0 Å². The average Bonchev–Trinajstić information content (AvgIpc) is 3.43. The van der Waals surface area contributed by atoms with Gasteiger partial charge in [-0.05, 0) is 36.5 Å². The number of amides is 4. The van der Waals surface area contributed by atoms with Crippen molar-refractivity contribution in [1.29, 1.82) is 0 Å². The lowest BCUT2D eigenvalue weighted by atomic mass is 9.92. The summed E-state index contributed by atoms with van der Waals surface area (Å²) in [6.45, 7) is 1.62. The summed E-state index contributed by atoms with van der Waals surface area (Å²) >= 11 is 6.19. The third-order valence-electron chi connectivity index (χ3n) is 5.20. The van der Waals surface area contributed by atoms with E-state index in [-0.39, 0.29) is 17.7 Å². The molecular weight excluding hydrogens is 366 g/mol. The topological polar surface area (TPSA) is 78.5 Å². The first-order valence-corrected chi connectivity index (χ1v) is 9.07. The third kappa shape index (κ3) is 2.96. The molecule has 1 aliphatic heterocycles. The smallest absolute Gasteiger partial charge is 0.318 e. The zero-order valence-corrected chi connectivity index (χ0v) is 15.4. The summed E-state index contributed by atoms with van der Waals surface area (Å²) in [5.41, 5.74) is 2.82. The average molecular weight is 384 g/mol. The Morgan fingerprint density at radius 2 is 1.81 bits per heavy atom. The van der Waals surface area contributed by atoms with Crippen LogP contribution in [-0.2, 0) is 15.1 Å². The summed E-state index contributed by atoms with van der Waals surface area (Å²) in [6, 6.07) is 15.7. The van der Waals surface area contributed by atoms with Crippen LogP contribution >= 0.6 is 11.6 Å². The number of carbonyl (C=O) groups is 3. The molecule has 1 heterocycles. The fraction of sp³-hybridized carbons (Fsp3) is 0.250. The Balaban J connectivity index is 1.47. The molecule has 2 N–H and O–H groups in total. The molecular formula is C20H18ClN3O3. The summed E-state index contributed by atoms with van der Waals surface area (Å²) in [4.78, 5) is 37.7. The van der Waals surface area contributed by atoms with Gasteiger partial charge in [-0.15, -0.1) is 0 Å². The van der Waals surface area contributed by atoms with Gasteiger partial charge in [-0.2, -0.15) is 5.01 Å². The van der Waals surface area contributed by atoms with Crippen molar-refractivity contribution in [2.24, 2.45) is 5.92 Å². The summed E-state index contributed by atoms with van der Waals surface area (Å²) in [5, 5.41) is 4.06. The van der Waals surface area contributed by atoms with Gasteiger partial charge in [0.15, 0.2) is 0 Å². The van der Waals surface area contributed by atoms with Gasteiger partial charge < -0.3 is 5.32 Å². The molecule has 0 radical (unpaired) electrons. The molecule has 2 aromatic rings. The predicted molar refractivity (Wildman–Crippen MR) is 99.6 cm³/mol. The number of benzene rings is 2. The number of nitrogens with one attached hydrogen (secondary N) is 2. The summed E-state index contributed by atoms with van der Waals surface area (Å²) in [7, 11) is 0. The van der Waals surface area contributed by atoms with Crippen molar-refractivity contribution in [2.75, 3.05) is 0 Å². The molecule has 1 aliphatic carbocycles. The molecule has 1 saturated heterocycles. The number of halogens is 1. The number of carbonyl (C=O) groups excluding carboxylic acids is 3. The van der Waals surface area contributed by atoms with Gasteiger partial charge in [-0.25, -0.2) is 4.79 Å². The predicted octanol–water partition coefficient (Wildman–Crippen LogP) is 2.94. The lowest BCUT2D eigenvalue weighted by Gasteiger charge is -2.22. The number of hydrogen-bond donors (Lipinski definition) is 2. The van der Waals surface area contributed by atoms with Crippen molar-refractivity contribution in [1.82, 2.24) is 15.8 Å². The van der Waals surface area contributed by atoms with Crippen LogP contribution in [0.3, 0.4) is 0 Å². The lowest BCUT2D eigenvalue weighted by Crippen LogP contribution is -2.48. The SMILES string of the molecule is CC1(c2ccccc2)NC(=O)N(NC(=O)C2CC2c2ccccc2Cl)C1=O. The molecule has 3 atom stereocenters. The molecule has 138 valence electrons. The van der Waals surface area contributed by atoms with E-state index in [1.807, 2.05) is 24.3 Å². The number of urea groups is 1. The Labute approximate surface area is 161 Å². The Morgan fingerprint density at radius 1 is 1.15 bits per heavy atom. The Bertz CT molecular complexity index is 933. The van der Waals surface area contributed by atoms with E-state index in [1.165, 1.54) is 0 Å². The van der Waals surface area contributed by atoms with Gasteiger partial charge in [-0.1, -0.05) is 60.1 Å². The number of imide groups is 1. The monoisotopic (exact) mass is 383 g/mol. The van der Waals surface area contributed by atoms with Crippen molar-refractivity contribution >= 4 is 29.4 Å². The maximum Gasteiger partial charge on any atom is 0.344 e. The zero-order chi connectivity index (χ0) is 19.2. The number of hydrazine groups is 1. The molecule has 0 spiro atoms. The van der Waals surface area contributed by atoms with Gasteiger partial charge in [0, 0.05) is 10.9 Å². The molecule has 2 fully saturated rings. The quantitative estimate of drug-likeness (QED) is 0.797. The van der Waals surface area contributed by atoms with Gasteiger partial charge in [0.1, 0.15) is 5.54 Å². The molecule has 1 saturated carbocycles. The molecule has 0 bridgehead atoms. The van der Waals surface area contributed by atoms with Crippen LogP contribution in [0.1, 0.15) is 30.4 Å². The van der Waals surface area contributed by atoms with Crippen molar-refractivity contribution in [3.8, 4) is 0 Å². The van der Waals surface area contributed by atoms with Crippen LogP contribution < -0.4 is 10.7 Å². The van der Waals surface area contributed by atoms with E-state index in [9.17, 15) is 14.4 Å². The number of hydrogen-bond acceptors (Lipinski definition) is 3. The van der Waals surface area contributed by atoms with Crippen molar-refractivity contribution in [3.63, 3.8) is 0 Å². The third-order valence-corrected chi connectivity index (χ3v) is 5.54. The zero-order valence-electron chi connectivity index (χ0n) is 14.6. The summed E-state index contributed by atoms with van der Waals surface area (Å²) in [6.07, 6.45) is 0.634. The minimum absolute atomic E-state index is 0.0000247. The van der Waals surface area contributed by atoms with Gasteiger partial charge in [0.2, 0.25) is 5.91 Å². The van der Waals surface area contributed by atoms with Crippen LogP contribution in [0.25, 0.3) is 0 Å². The molecule has 4 rings (SSSR count). The standard InChI is InChI=1S/C20H18ClN3O3/c1-20(12-7-3-2-4-8-12)18(26)24(19(27)22-20)23-17(25)15-11-14(15)13-9-5-6-10-16(13)21/h2-10,14-15H,11H2,1H3,(H,22,27)(H,23,25). The van der Waals surface area contributed by atoms with E-state index >= 15 is 0 Å². The molecule has 3 unspecified atom stereocenters.